The average Bonchev–Trinajstić information content (AvgIpc) is 3.45. The first-order valence-corrected chi connectivity index (χ1v) is 12.7. The number of benzene rings is 1. The molecule has 14 heteroatoms. The van der Waals surface area contributed by atoms with E-state index >= 15 is 0 Å². The number of morpholine rings is 1. The predicted octanol–water partition coefficient (Wildman–Crippen LogP) is 2.21. The Morgan fingerprint density at radius 2 is 2.10 bits per heavy atom. The van der Waals surface area contributed by atoms with Gasteiger partial charge in [0.2, 0.25) is 15.2 Å². The standard InChI is InChI=1S/C17H21N5O6S3/c23-22(24)14-10-13(31(25,26)21-5-8-27-9-6-21)3-4-15(14)29-17-20-19-16(30-17)18-11-12-2-1-7-28-12/h3-4,10,12H,1-2,5-9,11H2,(H,18,19)/t12-/m0/s1. The first kappa shape index (κ1) is 22.4. The van der Waals surface area contributed by atoms with E-state index in [9.17, 15) is 18.5 Å². The SMILES string of the molecule is O=[N+]([O-])c1cc(S(=O)(=O)N2CCOCC2)ccc1Sc1nnc(NC[C@@H]2CCCO2)s1. The molecule has 0 aliphatic carbocycles. The highest BCUT2D eigenvalue weighted by atomic mass is 32.2. The van der Waals surface area contributed by atoms with Gasteiger partial charge in [-0.2, -0.15) is 4.31 Å². The minimum atomic E-state index is -3.83. The smallest absolute Gasteiger partial charge is 0.284 e. The van der Waals surface area contributed by atoms with Crippen molar-refractivity contribution in [2.75, 3.05) is 44.8 Å². The summed E-state index contributed by atoms with van der Waals surface area (Å²) in [5.41, 5.74) is -0.289. The van der Waals surface area contributed by atoms with Crippen LogP contribution in [-0.4, -0.2) is 73.4 Å². The highest BCUT2D eigenvalue weighted by Gasteiger charge is 2.29. The zero-order chi connectivity index (χ0) is 21.8. The molecule has 0 radical (unpaired) electrons. The highest BCUT2D eigenvalue weighted by molar-refractivity contribution is 8.01. The molecule has 1 aromatic heterocycles. The number of nitro groups is 1. The van der Waals surface area contributed by atoms with Crippen LogP contribution in [0, 0.1) is 10.1 Å². The molecule has 2 aromatic rings. The quantitative estimate of drug-likeness (QED) is 0.436. The van der Waals surface area contributed by atoms with Crippen molar-refractivity contribution in [3.63, 3.8) is 0 Å². The fraction of sp³-hybridized carbons (Fsp3) is 0.529. The molecule has 11 nitrogen and oxygen atoms in total. The van der Waals surface area contributed by atoms with Crippen LogP contribution in [0.4, 0.5) is 10.8 Å². The van der Waals surface area contributed by atoms with Gasteiger partial charge in [-0.3, -0.25) is 10.1 Å². The van der Waals surface area contributed by atoms with Crippen LogP contribution in [-0.2, 0) is 19.5 Å². The maximum Gasteiger partial charge on any atom is 0.284 e. The lowest BCUT2D eigenvalue weighted by atomic mass is 10.2. The van der Waals surface area contributed by atoms with Crippen molar-refractivity contribution in [1.29, 1.82) is 0 Å². The summed E-state index contributed by atoms with van der Waals surface area (Å²) in [6, 6.07) is 3.93. The Labute approximate surface area is 187 Å². The van der Waals surface area contributed by atoms with Crippen molar-refractivity contribution < 1.29 is 22.8 Å². The zero-order valence-electron chi connectivity index (χ0n) is 16.4. The molecule has 0 amide bonds. The first-order valence-electron chi connectivity index (χ1n) is 9.66. The van der Waals surface area contributed by atoms with Crippen molar-refractivity contribution in [2.24, 2.45) is 0 Å². The molecule has 3 heterocycles. The fourth-order valence-electron chi connectivity index (χ4n) is 3.25. The van der Waals surface area contributed by atoms with Crippen LogP contribution in [0.3, 0.4) is 0 Å². The monoisotopic (exact) mass is 487 g/mol. The molecular formula is C17H21N5O6S3. The molecule has 0 saturated carbocycles. The number of anilines is 1. The molecule has 2 saturated heterocycles. The van der Waals surface area contributed by atoms with Crippen molar-refractivity contribution in [1.82, 2.24) is 14.5 Å². The van der Waals surface area contributed by atoms with Crippen LogP contribution < -0.4 is 5.32 Å². The lowest BCUT2D eigenvalue weighted by Gasteiger charge is -2.26. The molecule has 168 valence electrons. The van der Waals surface area contributed by atoms with E-state index in [0.717, 1.165) is 37.3 Å². The molecule has 0 bridgehead atoms. The van der Waals surface area contributed by atoms with Gasteiger partial charge in [-0.15, -0.1) is 10.2 Å². The second kappa shape index (κ2) is 9.75. The molecular weight excluding hydrogens is 466 g/mol. The molecule has 1 N–H and O–H groups in total. The van der Waals surface area contributed by atoms with E-state index < -0.39 is 14.9 Å². The van der Waals surface area contributed by atoms with E-state index in [1.165, 1.54) is 27.8 Å². The predicted molar refractivity (Wildman–Crippen MR) is 114 cm³/mol. The fourth-order valence-corrected chi connectivity index (χ4v) is 6.48. The summed E-state index contributed by atoms with van der Waals surface area (Å²) in [4.78, 5) is 11.2. The van der Waals surface area contributed by atoms with Crippen LogP contribution >= 0.6 is 23.1 Å². The van der Waals surface area contributed by atoms with Crippen LogP contribution in [0.15, 0.2) is 32.3 Å². The lowest BCUT2D eigenvalue weighted by molar-refractivity contribution is -0.388. The number of rotatable bonds is 8. The number of aromatic nitrogens is 2. The Morgan fingerprint density at radius 1 is 1.29 bits per heavy atom. The molecule has 2 fully saturated rings. The normalized spacial score (nSPS) is 20.1. The Kier molecular flexibility index (Phi) is 7.03. The second-order valence-corrected chi connectivity index (χ2v) is 11.1. The highest BCUT2D eigenvalue weighted by Crippen LogP contribution is 2.38. The summed E-state index contributed by atoms with van der Waals surface area (Å²) in [5, 5.41) is 23.5. The summed E-state index contributed by atoms with van der Waals surface area (Å²) >= 11 is 2.36. The largest absolute Gasteiger partial charge is 0.379 e. The molecule has 2 aliphatic heterocycles. The van der Waals surface area contributed by atoms with Crippen LogP contribution in [0.2, 0.25) is 0 Å². The summed E-state index contributed by atoms with van der Waals surface area (Å²) in [7, 11) is -3.83. The van der Waals surface area contributed by atoms with Gasteiger partial charge in [0.05, 0.1) is 34.0 Å². The van der Waals surface area contributed by atoms with Crippen molar-refractivity contribution in [2.45, 2.75) is 33.1 Å². The first-order chi connectivity index (χ1) is 14.9. The van der Waals surface area contributed by atoms with E-state index in [1.807, 2.05) is 0 Å². The van der Waals surface area contributed by atoms with Crippen LogP contribution in [0.5, 0.6) is 0 Å². The van der Waals surface area contributed by atoms with Gasteiger partial charge in [0.1, 0.15) is 0 Å². The van der Waals surface area contributed by atoms with Gasteiger partial charge in [-0.1, -0.05) is 11.3 Å². The Bertz CT molecular complexity index is 1030. The van der Waals surface area contributed by atoms with Gasteiger partial charge in [-0.05, 0) is 36.7 Å². The molecule has 0 spiro atoms. The van der Waals surface area contributed by atoms with E-state index in [-0.39, 0.29) is 29.8 Å². The second-order valence-electron chi connectivity index (χ2n) is 6.89. The van der Waals surface area contributed by atoms with Gasteiger partial charge in [0, 0.05) is 32.3 Å². The van der Waals surface area contributed by atoms with E-state index in [4.69, 9.17) is 9.47 Å². The van der Waals surface area contributed by atoms with Crippen LogP contribution in [0.1, 0.15) is 12.8 Å². The summed E-state index contributed by atoms with van der Waals surface area (Å²) in [5.74, 6) is 0. The summed E-state index contributed by atoms with van der Waals surface area (Å²) in [6.45, 7) is 2.45. The third kappa shape index (κ3) is 5.32. The Morgan fingerprint density at radius 3 is 2.81 bits per heavy atom. The summed E-state index contributed by atoms with van der Waals surface area (Å²) in [6.07, 6.45) is 2.20. The Hall–Kier alpha value is -1.84. The lowest BCUT2D eigenvalue weighted by Crippen LogP contribution is -2.40. The topological polar surface area (TPSA) is 137 Å². The molecule has 1 atom stereocenters. The van der Waals surface area contributed by atoms with Gasteiger partial charge in [-0.25, -0.2) is 8.42 Å². The molecule has 1 aromatic carbocycles. The van der Waals surface area contributed by atoms with Gasteiger partial charge >= 0.3 is 0 Å². The number of hydrogen-bond donors (Lipinski definition) is 1. The third-order valence-electron chi connectivity index (χ3n) is 4.84. The zero-order valence-corrected chi connectivity index (χ0v) is 18.9. The van der Waals surface area contributed by atoms with Crippen molar-refractivity contribution in [3.8, 4) is 0 Å². The molecule has 2 aliphatic rings. The number of nitrogens with one attached hydrogen (secondary N) is 1. The summed E-state index contributed by atoms with van der Waals surface area (Å²) < 4.78 is 38.2. The molecule has 31 heavy (non-hydrogen) atoms. The van der Waals surface area contributed by atoms with Gasteiger partial charge < -0.3 is 14.8 Å². The number of sulfonamides is 1. The van der Waals surface area contributed by atoms with Gasteiger partial charge in [0.15, 0.2) is 4.34 Å². The average molecular weight is 488 g/mol. The molecule has 4 rings (SSSR count). The number of ether oxygens (including phenoxy) is 2. The van der Waals surface area contributed by atoms with Crippen molar-refractivity contribution in [3.05, 3.63) is 28.3 Å². The van der Waals surface area contributed by atoms with Gasteiger partial charge in [0.25, 0.3) is 5.69 Å². The van der Waals surface area contributed by atoms with E-state index in [0.29, 0.717) is 34.1 Å². The Balaban J connectivity index is 1.49. The van der Waals surface area contributed by atoms with Crippen molar-refractivity contribution >= 4 is 43.9 Å². The molecule has 0 unspecified atom stereocenters. The third-order valence-corrected chi connectivity index (χ3v) is 8.74. The maximum atomic E-state index is 12.8. The minimum absolute atomic E-state index is 0.110. The number of nitrogens with zero attached hydrogens (tertiary/aromatic N) is 4. The maximum absolute atomic E-state index is 12.8. The number of hydrogen-bond acceptors (Lipinski definition) is 11. The van der Waals surface area contributed by atoms with E-state index in [2.05, 4.69) is 15.5 Å². The number of nitro benzene ring substituents is 1. The minimum Gasteiger partial charge on any atom is -0.379 e. The van der Waals surface area contributed by atoms with E-state index in [1.54, 1.807) is 0 Å². The van der Waals surface area contributed by atoms with Crippen LogP contribution in [0.25, 0.3) is 0 Å².